The highest BCUT2D eigenvalue weighted by molar-refractivity contribution is 7.99. The number of amides is 1. The van der Waals surface area contributed by atoms with Crippen LogP contribution in [0.15, 0.2) is 46.2 Å². The van der Waals surface area contributed by atoms with Gasteiger partial charge in [0, 0.05) is 11.8 Å². The third kappa shape index (κ3) is 4.32. The minimum atomic E-state index is -0.420. The lowest BCUT2D eigenvalue weighted by Crippen LogP contribution is -2.32. The molecule has 0 bridgehead atoms. The van der Waals surface area contributed by atoms with E-state index >= 15 is 0 Å². The summed E-state index contributed by atoms with van der Waals surface area (Å²) in [5, 5.41) is 12.4. The van der Waals surface area contributed by atoms with Gasteiger partial charge in [0.05, 0.1) is 0 Å². The summed E-state index contributed by atoms with van der Waals surface area (Å²) in [6.45, 7) is 6.40. The number of hydrogen-bond acceptors (Lipinski definition) is 5. The van der Waals surface area contributed by atoms with Crippen LogP contribution < -0.4 is 11.0 Å². The van der Waals surface area contributed by atoms with Gasteiger partial charge in [0.15, 0.2) is 5.65 Å². The molecule has 1 amide bonds. The van der Waals surface area contributed by atoms with Crippen molar-refractivity contribution < 1.29 is 4.79 Å². The van der Waals surface area contributed by atoms with Crippen LogP contribution in [0, 0.1) is 6.92 Å². The van der Waals surface area contributed by atoms with E-state index in [2.05, 4.69) is 29.4 Å². The molecule has 0 atom stereocenters. The first kappa shape index (κ1) is 18.2. The Morgan fingerprint density at radius 3 is 2.58 bits per heavy atom. The smallest absolute Gasteiger partial charge is 0.350 e. The Morgan fingerprint density at radius 2 is 1.88 bits per heavy atom. The topological polar surface area (TPSA) is 81.3 Å². The average molecular weight is 371 g/mol. The molecule has 0 aliphatic rings. The zero-order valence-corrected chi connectivity index (χ0v) is 15.8. The number of thioether (sulfide) groups is 1. The van der Waals surface area contributed by atoms with Gasteiger partial charge in [0.1, 0.15) is 11.6 Å². The zero-order chi connectivity index (χ0) is 18.7. The van der Waals surface area contributed by atoms with E-state index in [1.54, 1.807) is 17.8 Å². The number of benzene rings is 1. The lowest BCUT2D eigenvalue weighted by Gasteiger charge is -2.05. The van der Waals surface area contributed by atoms with Crippen molar-refractivity contribution in [1.82, 2.24) is 24.7 Å². The summed E-state index contributed by atoms with van der Waals surface area (Å²) < 4.78 is 2.37. The Labute approximate surface area is 155 Å². The Hall–Kier alpha value is -2.61. The molecule has 0 aliphatic heterocycles. The third-order valence-corrected chi connectivity index (χ3v) is 4.61. The summed E-state index contributed by atoms with van der Waals surface area (Å²) in [4.78, 5) is 24.6. The highest BCUT2D eigenvalue weighted by Gasteiger charge is 2.12. The molecule has 1 N–H and O–H groups in total. The van der Waals surface area contributed by atoms with Crippen LogP contribution in [0.3, 0.4) is 0 Å². The summed E-state index contributed by atoms with van der Waals surface area (Å²) in [5.74, 6) is -0.270. The largest absolute Gasteiger partial charge is 0.367 e. The summed E-state index contributed by atoms with van der Waals surface area (Å²) in [5.41, 5.74) is 2.17. The highest BCUT2D eigenvalue weighted by atomic mass is 32.2. The van der Waals surface area contributed by atoms with Crippen molar-refractivity contribution in [2.75, 3.05) is 0 Å². The number of aryl methyl sites for hydroxylation is 1. The SMILES string of the molecule is Cc1ccc(CNC(=O)Cn2nc3ccc(SC(C)C)nn3c2=O)cc1. The molecular weight excluding hydrogens is 350 g/mol. The number of rotatable bonds is 6. The van der Waals surface area contributed by atoms with E-state index in [0.29, 0.717) is 17.4 Å². The first-order valence-electron chi connectivity index (χ1n) is 8.38. The molecule has 0 spiro atoms. The number of aromatic nitrogens is 4. The molecule has 0 fully saturated rings. The molecule has 0 saturated heterocycles. The van der Waals surface area contributed by atoms with Gasteiger partial charge < -0.3 is 5.32 Å². The van der Waals surface area contributed by atoms with Crippen LogP contribution in [0.5, 0.6) is 0 Å². The van der Waals surface area contributed by atoms with Crippen molar-refractivity contribution in [3.05, 3.63) is 58.0 Å². The van der Waals surface area contributed by atoms with E-state index in [1.165, 1.54) is 10.1 Å². The van der Waals surface area contributed by atoms with Crippen molar-refractivity contribution in [2.45, 2.75) is 44.1 Å². The molecule has 0 unspecified atom stereocenters. The molecule has 3 aromatic rings. The number of nitrogens with zero attached hydrogens (tertiary/aromatic N) is 4. The predicted molar refractivity (Wildman–Crippen MR) is 101 cm³/mol. The number of carbonyl (C=O) groups excluding carboxylic acids is 1. The van der Waals surface area contributed by atoms with Crippen molar-refractivity contribution in [2.24, 2.45) is 0 Å². The van der Waals surface area contributed by atoms with Crippen LogP contribution in [0.1, 0.15) is 25.0 Å². The highest BCUT2D eigenvalue weighted by Crippen LogP contribution is 2.19. The van der Waals surface area contributed by atoms with Gasteiger partial charge in [-0.05, 0) is 24.6 Å². The standard InChI is InChI=1S/C18H21N5O2S/c1-12(2)26-17-9-8-15-20-22(18(25)23(15)21-17)11-16(24)19-10-14-6-4-13(3)5-7-14/h4-9,12H,10-11H2,1-3H3,(H,19,24). The summed E-state index contributed by atoms with van der Waals surface area (Å²) >= 11 is 1.56. The number of hydrogen-bond donors (Lipinski definition) is 1. The minimum absolute atomic E-state index is 0.138. The quantitative estimate of drug-likeness (QED) is 0.671. The summed E-state index contributed by atoms with van der Waals surface area (Å²) in [6.07, 6.45) is 0. The van der Waals surface area contributed by atoms with Crippen LogP contribution in [-0.4, -0.2) is 30.6 Å². The molecule has 3 rings (SSSR count). The van der Waals surface area contributed by atoms with E-state index in [9.17, 15) is 9.59 Å². The molecule has 0 saturated carbocycles. The van der Waals surface area contributed by atoms with Gasteiger partial charge in [-0.1, -0.05) is 43.7 Å². The van der Waals surface area contributed by atoms with E-state index < -0.39 is 5.69 Å². The fourth-order valence-corrected chi connectivity index (χ4v) is 3.16. The summed E-state index contributed by atoms with van der Waals surface area (Å²) in [7, 11) is 0. The molecule has 1 aromatic carbocycles. The minimum Gasteiger partial charge on any atom is -0.350 e. The maximum atomic E-state index is 12.4. The van der Waals surface area contributed by atoms with E-state index in [0.717, 1.165) is 15.3 Å². The lowest BCUT2D eigenvalue weighted by molar-refractivity contribution is -0.122. The second-order valence-electron chi connectivity index (χ2n) is 6.31. The molecule has 26 heavy (non-hydrogen) atoms. The maximum absolute atomic E-state index is 12.4. The van der Waals surface area contributed by atoms with Crippen LogP contribution in [0.25, 0.3) is 5.65 Å². The van der Waals surface area contributed by atoms with Crippen molar-refractivity contribution in [1.29, 1.82) is 0 Å². The van der Waals surface area contributed by atoms with Gasteiger partial charge >= 0.3 is 5.69 Å². The van der Waals surface area contributed by atoms with E-state index in [1.807, 2.05) is 37.3 Å². The van der Waals surface area contributed by atoms with Crippen LogP contribution in [0.2, 0.25) is 0 Å². The number of carbonyl (C=O) groups is 1. The van der Waals surface area contributed by atoms with Gasteiger partial charge in [-0.3, -0.25) is 4.79 Å². The van der Waals surface area contributed by atoms with Gasteiger partial charge in [-0.2, -0.15) is 9.61 Å². The Morgan fingerprint density at radius 1 is 1.15 bits per heavy atom. The monoisotopic (exact) mass is 371 g/mol. The van der Waals surface area contributed by atoms with E-state index in [4.69, 9.17) is 0 Å². The third-order valence-electron chi connectivity index (χ3n) is 3.68. The van der Waals surface area contributed by atoms with Crippen LogP contribution in [0.4, 0.5) is 0 Å². The van der Waals surface area contributed by atoms with Crippen LogP contribution >= 0.6 is 11.8 Å². The Bertz CT molecular complexity index is 975. The molecule has 0 radical (unpaired) electrons. The van der Waals surface area contributed by atoms with Crippen molar-refractivity contribution >= 4 is 23.3 Å². The average Bonchev–Trinajstić information content (AvgIpc) is 2.90. The fourth-order valence-electron chi connectivity index (χ4n) is 2.40. The lowest BCUT2D eigenvalue weighted by atomic mass is 10.1. The van der Waals surface area contributed by atoms with E-state index in [-0.39, 0.29) is 12.5 Å². The van der Waals surface area contributed by atoms with Gasteiger partial charge in [-0.15, -0.1) is 16.9 Å². The normalized spacial score (nSPS) is 11.2. The number of nitrogens with one attached hydrogen (secondary N) is 1. The first-order chi connectivity index (χ1) is 12.4. The van der Waals surface area contributed by atoms with Crippen molar-refractivity contribution in [3.63, 3.8) is 0 Å². The molecule has 7 nitrogen and oxygen atoms in total. The Kier molecular flexibility index (Phi) is 5.41. The molecule has 2 heterocycles. The zero-order valence-electron chi connectivity index (χ0n) is 15.0. The van der Waals surface area contributed by atoms with Gasteiger partial charge in [0.2, 0.25) is 5.91 Å². The molecule has 136 valence electrons. The maximum Gasteiger partial charge on any atom is 0.367 e. The van der Waals surface area contributed by atoms with Crippen LogP contribution in [-0.2, 0) is 17.9 Å². The first-order valence-corrected chi connectivity index (χ1v) is 9.26. The van der Waals surface area contributed by atoms with Gasteiger partial charge in [0.25, 0.3) is 0 Å². The molecule has 8 heteroatoms. The molecule has 0 aliphatic carbocycles. The fraction of sp³-hybridized carbons (Fsp3) is 0.333. The predicted octanol–water partition coefficient (Wildman–Crippen LogP) is 2.02. The van der Waals surface area contributed by atoms with Gasteiger partial charge in [-0.25, -0.2) is 9.48 Å². The molecule has 2 aromatic heterocycles. The van der Waals surface area contributed by atoms with Crippen molar-refractivity contribution in [3.8, 4) is 0 Å². The number of fused-ring (bicyclic) bond motifs is 1. The second kappa shape index (κ2) is 7.74. The summed E-state index contributed by atoms with van der Waals surface area (Å²) in [6, 6.07) is 11.5. The Balaban J connectivity index is 1.69. The molecular formula is C18H21N5O2S. The second-order valence-corrected chi connectivity index (χ2v) is 7.91.